The van der Waals surface area contributed by atoms with E-state index < -0.39 is 0 Å². The van der Waals surface area contributed by atoms with Crippen LogP contribution in [0.4, 0.5) is 11.4 Å². The quantitative estimate of drug-likeness (QED) is 0.158. The lowest BCUT2D eigenvalue weighted by atomic mass is 9.93. The maximum atomic E-state index is 6.00. The van der Waals surface area contributed by atoms with Crippen molar-refractivity contribution in [3.05, 3.63) is 217 Å². The Labute approximate surface area is 334 Å². The lowest BCUT2D eigenvalue weighted by molar-refractivity contribution is 0.793. The van der Waals surface area contributed by atoms with E-state index in [4.69, 9.17) is 10.7 Å². The van der Waals surface area contributed by atoms with Gasteiger partial charge >= 0.3 is 0 Å². The summed E-state index contributed by atoms with van der Waals surface area (Å²) in [5, 5.41) is 2.41. The predicted molar refractivity (Wildman–Crippen MR) is 243 cm³/mol. The van der Waals surface area contributed by atoms with Gasteiger partial charge in [-0.05, 0) is 113 Å². The van der Waals surface area contributed by atoms with Gasteiger partial charge in [0.1, 0.15) is 6.67 Å². The Kier molecular flexibility index (Phi) is 9.68. The molecule has 2 N–H and O–H groups in total. The summed E-state index contributed by atoms with van der Waals surface area (Å²) in [5.74, 6) is 0. The van der Waals surface area contributed by atoms with E-state index in [1.54, 1.807) is 6.20 Å². The fraction of sp³-hybridized carbons (Fsp3) is 0.0755. The molecule has 1 aromatic heterocycles. The van der Waals surface area contributed by atoms with Gasteiger partial charge in [0, 0.05) is 27.7 Å². The summed E-state index contributed by atoms with van der Waals surface area (Å²) >= 11 is 0. The van der Waals surface area contributed by atoms with Crippen molar-refractivity contribution in [2.45, 2.75) is 26.6 Å². The highest BCUT2D eigenvalue weighted by Crippen LogP contribution is 2.39. The van der Waals surface area contributed by atoms with Crippen molar-refractivity contribution in [3.8, 4) is 22.3 Å². The van der Waals surface area contributed by atoms with Crippen molar-refractivity contribution in [2.75, 3.05) is 4.90 Å². The van der Waals surface area contributed by atoms with E-state index >= 15 is 0 Å². The molecule has 0 saturated heterocycles. The first-order valence-electron chi connectivity index (χ1n) is 19.6. The third-order valence-corrected chi connectivity index (χ3v) is 11.0. The van der Waals surface area contributed by atoms with Crippen LogP contribution >= 0.6 is 0 Å². The molecule has 2 heterocycles. The third kappa shape index (κ3) is 6.98. The zero-order chi connectivity index (χ0) is 38.7. The maximum absolute atomic E-state index is 6.00. The summed E-state index contributed by atoms with van der Waals surface area (Å²) < 4.78 is 2.31. The number of para-hydroxylation sites is 3. The Balaban J connectivity index is 1.06. The summed E-state index contributed by atoms with van der Waals surface area (Å²) in [4.78, 5) is 7.63. The molecule has 1 atom stereocenters. The number of fused-ring (bicyclic) bond motifs is 4. The first-order chi connectivity index (χ1) is 28.1. The minimum atomic E-state index is 0.113. The molecule has 0 radical (unpaired) electrons. The smallest absolute Gasteiger partial charge is 0.115 e. The van der Waals surface area contributed by atoms with Crippen LogP contribution in [-0.4, -0.2) is 16.3 Å². The van der Waals surface area contributed by atoms with Crippen LogP contribution < -0.4 is 10.6 Å². The number of benzene rings is 7. The number of aliphatic imine (C=N–C) groups is 1. The van der Waals surface area contributed by atoms with Crippen LogP contribution in [0, 0.1) is 0 Å². The molecule has 9 rings (SSSR count). The van der Waals surface area contributed by atoms with Gasteiger partial charge in [-0.1, -0.05) is 146 Å². The van der Waals surface area contributed by atoms with Gasteiger partial charge in [-0.25, -0.2) is 0 Å². The van der Waals surface area contributed by atoms with Crippen LogP contribution in [0.1, 0.15) is 30.5 Å². The predicted octanol–water partition coefficient (Wildman–Crippen LogP) is 13.1. The Bertz CT molecular complexity index is 2840. The van der Waals surface area contributed by atoms with Gasteiger partial charge in [-0.3, -0.25) is 4.99 Å². The SMILES string of the molecule is C/C1=C\C(c2ccc3c(c2)c2ccccc2n3CN=C(/C=C\N)c2ccc(-c3cccc(-c4ccccc4)c3)cc2)=C/C(C)N(c2ccccc2)c2ccccc21. The third-order valence-electron chi connectivity index (χ3n) is 11.0. The van der Waals surface area contributed by atoms with Gasteiger partial charge in [0.25, 0.3) is 0 Å². The molecule has 7 aromatic carbocycles. The normalized spacial score (nSPS) is 16.5. The molecule has 4 nitrogen and oxygen atoms in total. The Hall–Kier alpha value is -7.17. The highest BCUT2D eigenvalue weighted by atomic mass is 15.2. The molecule has 0 saturated carbocycles. The van der Waals surface area contributed by atoms with Crippen molar-refractivity contribution in [3.63, 3.8) is 0 Å². The first-order valence-corrected chi connectivity index (χ1v) is 19.6. The number of hydrogen-bond acceptors (Lipinski definition) is 3. The second-order valence-corrected chi connectivity index (χ2v) is 14.7. The summed E-state index contributed by atoms with van der Waals surface area (Å²) in [6.45, 7) is 4.95. The van der Waals surface area contributed by atoms with Crippen molar-refractivity contribution in [2.24, 2.45) is 10.7 Å². The Morgan fingerprint density at radius 1 is 0.614 bits per heavy atom. The molecular weight excluding hydrogens is 693 g/mol. The molecule has 8 aromatic rings. The second kappa shape index (κ2) is 15.5. The fourth-order valence-corrected chi connectivity index (χ4v) is 8.28. The second-order valence-electron chi connectivity index (χ2n) is 14.7. The molecule has 1 unspecified atom stereocenters. The van der Waals surface area contributed by atoms with Crippen molar-refractivity contribution in [1.82, 2.24) is 4.57 Å². The first kappa shape index (κ1) is 35.5. The van der Waals surface area contributed by atoms with E-state index in [0.29, 0.717) is 6.67 Å². The van der Waals surface area contributed by atoms with Gasteiger partial charge < -0.3 is 15.2 Å². The van der Waals surface area contributed by atoms with Crippen LogP contribution in [0.2, 0.25) is 0 Å². The molecule has 0 spiro atoms. The molecule has 0 bridgehead atoms. The lowest BCUT2D eigenvalue weighted by Gasteiger charge is -2.33. The lowest BCUT2D eigenvalue weighted by Crippen LogP contribution is -2.28. The zero-order valence-electron chi connectivity index (χ0n) is 32.3. The van der Waals surface area contributed by atoms with E-state index in [1.807, 2.05) is 12.1 Å². The van der Waals surface area contributed by atoms with Crippen LogP contribution in [0.15, 0.2) is 205 Å². The standard InChI is InChI=1S/C53H44N4/c1-37-32-45(33-38(2)57(46-18-7-4-8-19-46)53-23-12-9-20-47(37)53)44-28-29-52-49(35-44)48-21-10-11-22-51(48)56(52)36-55-50(30-31-54)41-26-24-40(25-27-41)43-17-13-16-42(34-43)39-14-5-3-6-15-39/h3-35,38H,36,54H2,1-2H3/b31-30-,37-32+,45-33+,55-50?. The summed E-state index contributed by atoms with van der Waals surface area (Å²) in [5.41, 5.74) is 22.1. The van der Waals surface area contributed by atoms with Crippen LogP contribution in [0.3, 0.4) is 0 Å². The number of nitrogens with zero attached hydrogens (tertiary/aromatic N) is 3. The van der Waals surface area contributed by atoms with Gasteiger partial charge in [-0.15, -0.1) is 0 Å². The number of anilines is 2. The zero-order valence-corrected chi connectivity index (χ0v) is 32.3. The number of hydrogen-bond donors (Lipinski definition) is 1. The monoisotopic (exact) mass is 736 g/mol. The van der Waals surface area contributed by atoms with Crippen molar-refractivity contribution < 1.29 is 0 Å². The minimum Gasteiger partial charge on any atom is -0.405 e. The van der Waals surface area contributed by atoms with E-state index in [1.165, 1.54) is 61.1 Å². The number of aromatic nitrogens is 1. The molecule has 1 aliphatic rings. The average Bonchev–Trinajstić information content (AvgIpc) is 3.58. The molecule has 0 amide bonds. The molecule has 4 heteroatoms. The van der Waals surface area contributed by atoms with Crippen LogP contribution in [0.25, 0.3) is 55.2 Å². The summed E-state index contributed by atoms with van der Waals surface area (Å²) in [6.07, 6.45) is 8.21. The largest absolute Gasteiger partial charge is 0.405 e. The van der Waals surface area contributed by atoms with E-state index in [-0.39, 0.29) is 6.04 Å². The van der Waals surface area contributed by atoms with Crippen molar-refractivity contribution >= 4 is 50.0 Å². The number of allylic oxidation sites excluding steroid dienone is 4. The fourth-order valence-electron chi connectivity index (χ4n) is 8.28. The van der Waals surface area contributed by atoms with Gasteiger partial charge in [-0.2, -0.15) is 0 Å². The van der Waals surface area contributed by atoms with Gasteiger partial charge in [0.2, 0.25) is 0 Å². The van der Waals surface area contributed by atoms with E-state index in [0.717, 1.165) is 27.9 Å². The molecule has 0 aliphatic carbocycles. The highest BCUT2D eigenvalue weighted by Gasteiger charge is 2.22. The molecule has 1 aliphatic heterocycles. The Morgan fingerprint density at radius 2 is 1.25 bits per heavy atom. The minimum absolute atomic E-state index is 0.113. The molecule has 57 heavy (non-hydrogen) atoms. The van der Waals surface area contributed by atoms with Gasteiger partial charge in [0.05, 0.1) is 22.8 Å². The van der Waals surface area contributed by atoms with Gasteiger partial charge in [0.15, 0.2) is 0 Å². The summed E-state index contributed by atoms with van der Waals surface area (Å²) in [6, 6.07) is 62.8. The highest BCUT2D eigenvalue weighted by molar-refractivity contribution is 6.10. The topological polar surface area (TPSA) is 46.6 Å². The molecular formula is C53H44N4. The number of rotatable bonds is 8. The molecule has 0 fully saturated rings. The Morgan fingerprint density at radius 3 is 2.02 bits per heavy atom. The van der Waals surface area contributed by atoms with Crippen LogP contribution in [-0.2, 0) is 6.67 Å². The van der Waals surface area contributed by atoms with E-state index in [2.05, 4.69) is 205 Å². The maximum Gasteiger partial charge on any atom is 0.115 e. The van der Waals surface area contributed by atoms with Crippen LogP contribution in [0.5, 0.6) is 0 Å². The van der Waals surface area contributed by atoms with E-state index in [9.17, 15) is 0 Å². The average molecular weight is 737 g/mol. The number of nitrogens with two attached hydrogens (primary N) is 1. The van der Waals surface area contributed by atoms with Crippen molar-refractivity contribution in [1.29, 1.82) is 0 Å². The summed E-state index contributed by atoms with van der Waals surface area (Å²) in [7, 11) is 0. The molecule has 276 valence electrons.